The predicted octanol–water partition coefficient (Wildman–Crippen LogP) is 1.84. The number of benzene rings is 1. The first-order chi connectivity index (χ1) is 13.3. The topological polar surface area (TPSA) is 67.6 Å². The third kappa shape index (κ3) is 3.10. The van der Waals surface area contributed by atoms with Gasteiger partial charge in [0.1, 0.15) is 12.7 Å². The van der Waals surface area contributed by atoms with Crippen molar-refractivity contribution in [3.05, 3.63) is 42.5 Å². The molecular weight excluding hydrogens is 340 g/mol. The summed E-state index contributed by atoms with van der Waals surface area (Å²) in [6, 6.07) is 8.31. The number of nitrogens with one attached hydrogen (secondary N) is 1. The Hall–Kier alpha value is -2.41. The van der Waals surface area contributed by atoms with Crippen LogP contribution in [0.5, 0.6) is 0 Å². The largest absolute Gasteiger partial charge is 0.374 e. The fourth-order valence-corrected chi connectivity index (χ4v) is 4.86. The normalized spacial score (nSPS) is 29.4. The van der Waals surface area contributed by atoms with Gasteiger partial charge in [-0.2, -0.15) is 5.10 Å². The Labute approximate surface area is 159 Å². The molecule has 2 aromatic rings. The van der Waals surface area contributed by atoms with Crippen molar-refractivity contribution in [3.8, 4) is 5.69 Å². The molecule has 1 N–H and O–H groups in total. The van der Waals surface area contributed by atoms with Gasteiger partial charge in [0, 0.05) is 31.5 Å². The number of hydrogen-bond acceptors (Lipinski definition) is 4. The fraction of sp³-hybridized carbons (Fsp3) is 0.550. The number of aliphatic imine (C=N–C) groups is 1. The second-order valence-electron chi connectivity index (χ2n) is 7.70. The van der Waals surface area contributed by atoms with E-state index >= 15 is 0 Å². The highest BCUT2D eigenvalue weighted by atomic mass is 16.5. The number of guanidine groups is 1. The quantitative estimate of drug-likeness (QED) is 0.661. The van der Waals surface area contributed by atoms with Crippen molar-refractivity contribution < 1.29 is 4.74 Å². The summed E-state index contributed by atoms with van der Waals surface area (Å²) in [6.07, 6.45) is 6.70. The molecule has 1 aromatic carbocycles. The summed E-state index contributed by atoms with van der Waals surface area (Å²) in [4.78, 5) is 11.4. The van der Waals surface area contributed by atoms with E-state index < -0.39 is 0 Å². The average molecular weight is 366 g/mol. The summed E-state index contributed by atoms with van der Waals surface area (Å²) < 4.78 is 7.88. The lowest BCUT2D eigenvalue weighted by atomic mass is 9.82. The van der Waals surface area contributed by atoms with Crippen molar-refractivity contribution in [3.63, 3.8) is 0 Å². The summed E-state index contributed by atoms with van der Waals surface area (Å²) >= 11 is 0. The number of aromatic nitrogens is 3. The molecular formula is C20H26N6O. The molecule has 0 aliphatic carbocycles. The van der Waals surface area contributed by atoms with Crippen LogP contribution in [0.3, 0.4) is 0 Å². The monoisotopic (exact) mass is 366 g/mol. The Morgan fingerprint density at radius 3 is 2.78 bits per heavy atom. The van der Waals surface area contributed by atoms with Gasteiger partial charge in [-0.15, -0.1) is 0 Å². The summed E-state index contributed by atoms with van der Waals surface area (Å²) in [7, 11) is 0. The lowest BCUT2D eigenvalue weighted by molar-refractivity contribution is 0.0767. The fourth-order valence-electron chi connectivity index (χ4n) is 4.86. The Morgan fingerprint density at radius 2 is 2.07 bits per heavy atom. The van der Waals surface area contributed by atoms with Crippen molar-refractivity contribution in [2.75, 3.05) is 19.6 Å². The van der Waals surface area contributed by atoms with Gasteiger partial charge in [0.2, 0.25) is 0 Å². The van der Waals surface area contributed by atoms with Crippen LogP contribution in [0.4, 0.5) is 0 Å². The van der Waals surface area contributed by atoms with E-state index in [1.165, 1.54) is 18.4 Å². The summed E-state index contributed by atoms with van der Waals surface area (Å²) in [5.74, 6) is 2.39. The molecule has 0 spiro atoms. The Morgan fingerprint density at radius 1 is 1.26 bits per heavy atom. The van der Waals surface area contributed by atoms with Crippen LogP contribution in [0.2, 0.25) is 0 Å². The lowest BCUT2D eigenvalue weighted by Gasteiger charge is -2.23. The minimum absolute atomic E-state index is 0.479. The van der Waals surface area contributed by atoms with Gasteiger partial charge in [-0.1, -0.05) is 12.1 Å². The highest BCUT2D eigenvalue weighted by molar-refractivity contribution is 5.80. The van der Waals surface area contributed by atoms with Gasteiger partial charge in [0.25, 0.3) is 0 Å². The average Bonchev–Trinajstić information content (AvgIpc) is 3.47. The van der Waals surface area contributed by atoms with Gasteiger partial charge in [0.05, 0.1) is 24.4 Å². The molecule has 27 heavy (non-hydrogen) atoms. The summed E-state index contributed by atoms with van der Waals surface area (Å²) in [5, 5.41) is 7.69. The molecule has 3 saturated heterocycles. The van der Waals surface area contributed by atoms with Gasteiger partial charge in [-0.25, -0.2) is 14.7 Å². The standard InChI is InChI=1S/C20H26N6O/c1-2-22-20(25-10-16-17(11-25)19-7-6-18(16)27-19)23-9-14-4-3-5-15(8-14)26-13-21-12-24-26/h3-5,8,12-13,16-19H,2,6-7,9-11H2,1H3,(H,22,23). The molecule has 1 aromatic heterocycles. The number of nitrogens with zero attached hydrogens (tertiary/aromatic N) is 5. The van der Waals surface area contributed by atoms with Crippen LogP contribution in [0.15, 0.2) is 41.9 Å². The first-order valence-corrected chi connectivity index (χ1v) is 9.94. The predicted molar refractivity (Wildman–Crippen MR) is 103 cm³/mol. The number of rotatable bonds is 4. The van der Waals surface area contributed by atoms with E-state index in [1.54, 1.807) is 17.3 Å². The molecule has 4 heterocycles. The third-order valence-electron chi connectivity index (χ3n) is 6.09. The van der Waals surface area contributed by atoms with Crippen LogP contribution in [0.25, 0.3) is 5.69 Å². The first-order valence-electron chi connectivity index (χ1n) is 9.94. The minimum Gasteiger partial charge on any atom is -0.374 e. The zero-order chi connectivity index (χ0) is 18.2. The molecule has 5 rings (SSSR count). The molecule has 4 atom stereocenters. The number of hydrogen-bond donors (Lipinski definition) is 1. The van der Waals surface area contributed by atoms with E-state index in [2.05, 4.69) is 39.4 Å². The van der Waals surface area contributed by atoms with Crippen LogP contribution < -0.4 is 5.32 Å². The molecule has 0 radical (unpaired) electrons. The molecule has 3 fully saturated rings. The van der Waals surface area contributed by atoms with E-state index in [-0.39, 0.29) is 0 Å². The number of likely N-dealkylation sites (tertiary alicyclic amines) is 1. The molecule has 4 unspecified atom stereocenters. The molecule has 0 saturated carbocycles. The highest BCUT2D eigenvalue weighted by Gasteiger charge is 2.53. The van der Waals surface area contributed by atoms with Gasteiger partial charge in [-0.3, -0.25) is 0 Å². The van der Waals surface area contributed by atoms with Gasteiger partial charge in [-0.05, 0) is 37.5 Å². The zero-order valence-corrected chi connectivity index (χ0v) is 15.7. The SMILES string of the molecule is CCNC(=NCc1cccc(-n2cncn2)c1)N1CC2C3CCC(O3)C2C1. The summed E-state index contributed by atoms with van der Waals surface area (Å²) in [6.45, 7) is 5.80. The maximum atomic E-state index is 6.10. The maximum absolute atomic E-state index is 6.10. The second-order valence-corrected chi connectivity index (χ2v) is 7.70. The molecule has 7 heteroatoms. The third-order valence-corrected chi connectivity index (χ3v) is 6.09. The van der Waals surface area contributed by atoms with Crippen LogP contribution in [-0.4, -0.2) is 57.5 Å². The van der Waals surface area contributed by atoms with Gasteiger partial charge < -0.3 is 15.0 Å². The molecule has 0 amide bonds. The van der Waals surface area contributed by atoms with Crippen molar-refractivity contribution in [1.82, 2.24) is 25.0 Å². The molecule has 3 aliphatic heterocycles. The van der Waals surface area contributed by atoms with Crippen LogP contribution >= 0.6 is 0 Å². The van der Waals surface area contributed by atoms with Crippen LogP contribution in [0.1, 0.15) is 25.3 Å². The second kappa shape index (κ2) is 6.96. The molecule has 142 valence electrons. The number of ether oxygens (including phenoxy) is 1. The van der Waals surface area contributed by atoms with Crippen LogP contribution in [0, 0.1) is 11.8 Å². The van der Waals surface area contributed by atoms with Gasteiger partial charge in [0.15, 0.2) is 5.96 Å². The van der Waals surface area contributed by atoms with E-state index in [9.17, 15) is 0 Å². The van der Waals surface area contributed by atoms with E-state index in [0.717, 1.165) is 31.3 Å². The van der Waals surface area contributed by atoms with E-state index in [0.29, 0.717) is 30.6 Å². The zero-order valence-electron chi connectivity index (χ0n) is 15.7. The number of fused-ring (bicyclic) bond motifs is 5. The Balaban J connectivity index is 1.31. The van der Waals surface area contributed by atoms with Crippen LogP contribution in [-0.2, 0) is 11.3 Å². The Kier molecular flexibility index (Phi) is 4.32. The molecule has 7 nitrogen and oxygen atoms in total. The van der Waals surface area contributed by atoms with E-state index in [4.69, 9.17) is 9.73 Å². The Bertz CT molecular complexity index is 802. The smallest absolute Gasteiger partial charge is 0.194 e. The summed E-state index contributed by atoms with van der Waals surface area (Å²) in [5.41, 5.74) is 2.18. The van der Waals surface area contributed by atoms with Crippen molar-refractivity contribution in [2.45, 2.75) is 38.5 Å². The maximum Gasteiger partial charge on any atom is 0.194 e. The lowest BCUT2D eigenvalue weighted by Crippen LogP contribution is -2.41. The van der Waals surface area contributed by atoms with Crippen molar-refractivity contribution in [2.24, 2.45) is 16.8 Å². The van der Waals surface area contributed by atoms with E-state index in [1.807, 2.05) is 12.1 Å². The van der Waals surface area contributed by atoms with Gasteiger partial charge >= 0.3 is 0 Å². The first kappa shape index (κ1) is 16.7. The van der Waals surface area contributed by atoms with Crippen molar-refractivity contribution in [1.29, 1.82) is 0 Å². The molecule has 3 aliphatic rings. The minimum atomic E-state index is 0.479. The highest BCUT2D eigenvalue weighted by Crippen LogP contribution is 2.47. The molecule has 2 bridgehead atoms. The van der Waals surface area contributed by atoms with Crippen molar-refractivity contribution >= 4 is 5.96 Å².